The molecule has 1 rings (SSSR count). The summed E-state index contributed by atoms with van der Waals surface area (Å²) in [7, 11) is -4.21. The zero-order valence-corrected chi connectivity index (χ0v) is 12.3. The van der Waals surface area contributed by atoms with E-state index in [9.17, 15) is 28.5 Å². The van der Waals surface area contributed by atoms with Crippen molar-refractivity contribution in [3.63, 3.8) is 0 Å². The Bertz CT molecular complexity index is 603. The maximum atomic E-state index is 11.9. The molecule has 1 aromatic rings. The number of aryl methyl sites for hydroxylation is 1. The summed E-state index contributed by atoms with van der Waals surface area (Å²) in [6.07, 6.45) is -7.76. The second-order valence-corrected chi connectivity index (χ2v) is 6.17. The van der Waals surface area contributed by atoms with Crippen molar-refractivity contribution in [3.05, 3.63) is 29.8 Å². The predicted octanol–water partition coefficient (Wildman–Crippen LogP) is -1.66. The zero-order valence-electron chi connectivity index (χ0n) is 12.4. The minimum atomic E-state index is -4.21. The molecular formula is C13H18O8S. The monoisotopic (exact) mass is 335 g/mol. The third-order valence-electron chi connectivity index (χ3n) is 2.84. The molecular weight excluding hydrogens is 316 g/mol. The van der Waals surface area contributed by atoms with E-state index in [1.807, 2.05) is 0 Å². The molecule has 0 amide bonds. The van der Waals surface area contributed by atoms with Gasteiger partial charge in [0.1, 0.15) is 24.4 Å². The van der Waals surface area contributed by atoms with Crippen LogP contribution in [0.15, 0.2) is 29.2 Å². The second kappa shape index (κ2) is 7.77. The third kappa shape index (κ3) is 4.83. The highest BCUT2D eigenvalue weighted by Crippen LogP contribution is 2.14. The third-order valence-corrected chi connectivity index (χ3v) is 4.14. The van der Waals surface area contributed by atoms with Crippen LogP contribution in [0, 0.1) is 6.90 Å². The molecule has 0 fully saturated rings. The van der Waals surface area contributed by atoms with Gasteiger partial charge in [0.2, 0.25) is 0 Å². The van der Waals surface area contributed by atoms with E-state index in [-0.39, 0.29) is 18.1 Å². The summed E-state index contributed by atoms with van der Waals surface area (Å²) >= 11 is 0. The lowest BCUT2D eigenvalue weighted by Gasteiger charge is -2.23. The molecule has 124 valence electrons. The molecule has 4 atom stereocenters. The Labute approximate surface area is 129 Å². The van der Waals surface area contributed by atoms with E-state index in [0.717, 1.165) is 0 Å². The maximum Gasteiger partial charge on any atom is 0.297 e. The molecule has 0 aliphatic rings. The summed E-state index contributed by atoms with van der Waals surface area (Å²) in [6, 6.07) is 5.32. The number of rotatable bonds is 8. The van der Waals surface area contributed by atoms with Gasteiger partial charge in [-0.05, 0) is 19.0 Å². The first kappa shape index (κ1) is 17.0. The number of hydrogen-bond donors (Lipinski definition) is 4. The topological polar surface area (TPSA) is 141 Å². The molecule has 4 N–H and O–H groups in total. The Balaban J connectivity index is 2.69. The highest BCUT2D eigenvalue weighted by Gasteiger charge is 2.31. The quantitative estimate of drug-likeness (QED) is 0.327. The zero-order chi connectivity index (χ0) is 17.6. The van der Waals surface area contributed by atoms with Gasteiger partial charge in [-0.3, -0.25) is 4.18 Å². The molecule has 8 nitrogen and oxygen atoms in total. The lowest BCUT2D eigenvalue weighted by molar-refractivity contribution is -0.135. The van der Waals surface area contributed by atoms with E-state index < -0.39 is 41.1 Å². The summed E-state index contributed by atoms with van der Waals surface area (Å²) in [5.74, 6) is 0. The first-order chi connectivity index (χ1) is 10.7. The number of aliphatic hydroxyl groups is 4. The fraction of sp³-hybridized carbons (Fsp3) is 0.462. The molecule has 0 aromatic heterocycles. The highest BCUT2D eigenvalue weighted by molar-refractivity contribution is 7.86. The van der Waals surface area contributed by atoms with Gasteiger partial charge >= 0.3 is 0 Å². The van der Waals surface area contributed by atoms with Gasteiger partial charge in [0.25, 0.3) is 10.1 Å². The van der Waals surface area contributed by atoms with Crippen LogP contribution in [-0.2, 0) is 19.1 Å². The molecule has 0 aliphatic carbocycles. The summed E-state index contributed by atoms with van der Waals surface area (Å²) in [5, 5.41) is 37.5. The van der Waals surface area contributed by atoms with E-state index in [2.05, 4.69) is 4.18 Å². The van der Waals surface area contributed by atoms with Crippen molar-refractivity contribution in [1.82, 2.24) is 0 Å². The van der Waals surface area contributed by atoms with Gasteiger partial charge < -0.3 is 25.2 Å². The second-order valence-electron chi connectivity index (χ2n) is 4.56. The van der Waals surface area contributed by atoms with Crippen LogP contribution in [0.25, 0.3) is 0 Å². The number of benzene rings is 1. The smallest absolute Gasteiger partial charge is 0.297 e. The molecule has 0 heterocycles. The molecule has 0 saturated carbocycles. The van der Waals surface area contributed by atoms with Crippen LogP contribution in [0.1, 0.15) is 6.93 Å². The Hall–Kier alpha value is -1.36. The molecule has 1 aromatic carbocycles. The standard InChI is InChI=1S/C13H18O8S/c1-8-2-4-9(5-3-8)22(19,20)21-7-11(16)13(18)12(17)10(15)6-14/h2-6,10-13,15-18H,7H2,1H3/t10-,11+,12+,13+/m0/s1/i1D. The van der Waals surface area contributed by atoms with E-state index in [1.54, 1.807) is 0 Å². The first-order valence-corrected chi connectivity index (χ1v) is 7.59. The minimum Gasteiger partial charge on any atom is -0.388 e. The van der Waals surface area contributed by atoms with Crippen LogP contribution in [0.4, 0.5) is 0 Å². The van der Waals surface area contributed by atoms with Gasteiger partial charge in [0, 0.05) is 1.37 Å². The maximum absolute atomic E-state index is 11.9. The first-order valence-electron chi connectivity index (χ1n) is 6.88. The molecule has 0 spiro atoms. The Kier molecular flexibility index (Phi) is 6.00. The van der Waals surface area contributed by atoms with Crippen molar-refractivity contribution in [2.24, 2.45) is 0 Å². The van der Waals surface area contributed by atoms with E-state index in [1.165, 1.54) is 24.3 Å². The van der Waals surface area contributed by atoms with E-state index in [0.29, 0.717) is 5.56 Å². The number of carbonyl (C=O) groups is 1. The Morgan fingerprint density at radius 3 is 2.27 bits per heavy atom. The lowest BCUT2D eigenvalue weighted by Crippen LogP contribution is -2.46. The molecule has 0 aliphatic heterocycles. The van der Waals surface area contributed by atoms with Gasteiger partial charge in [-0.25, -0.2) is 0 Å². The fourth-order valence-corrected chi connectivity index (χ4v) is 2.42. The summed E-state index contributed by atoms with van der Waals surface area (Å²) in [6.45, 7) is -0.893. The van der Waals surface area contributed by atoms with Gasteiger partial charge in [-0.15, -0.1) is 0 Å². The van der Waals surface area contributed by atoms with Crippen LogP contribution < -0.4 is 0 Å². The molecule has 9 heteroatoms. The van der Waals surface area contributed by atoms with Crippen LogP contribution >= 0.6 is 0 Å². The number of hydrogen-bond acceptors (Lipinski definition) is 8. The lowest BCUT2D eigenvalue weighted by atomic mass is 10.0. The van der Waals surface area contributed by atoms with Crippen molar-refractivity contribution >= 4 is 16.4 Å². The van der Waals surface area contributed by atoms with Crippen molar-refractivity contribution in [2.75, 3.05) is 6.61 Å². The van der Waals surface area contributed by atoms with E-state index in [4.69, 9.17) is 6.48 Å². The van der Waals surface area contributed by atoms with Crippen LogP contribution in [0.3, 0.4) is 0 Å². The molecule has 0 radical (unpaired) electrons. The number of carbonyl (C=O) groups excluding carboxylic acids is 1. The average molecular weight is 335 g/mol. The summed E-state index contributed by atoms with van der Waals surface area (Å²) in [4.78, 5) is 10.1. The fourth-order valence-electron chi connectivity index (χ4n) is 1.49. The molecule has 0 saturated heterocycles. The minimum absolute atomic E-state index is 0.0109. The van der Waals surface area contributed by atoms with Crippen molar-refractivity contribution < 1.29 is 39.2 Å². The number of aldehydes is 1. The van der Waals surface area contributed by atoms with Crippen LogP contribution in [-0.4, -0.2) is 66.2 Å². The molecule has 22 heavy (non-hydrogen) atoms. The van der Waals surface area contributed by atoms with Crippen LogP contribution in [0.2, 0.25) is 0 Å². The Morgan fingerprint density at radius 2 is 1.77 bits per heavy atom. The molecule has 0 unspecified atom stereocenters. The van der Waals surface area contributed by atoms with E-state index >= 15 is 0 Å². The van der Waals surface area contributed by atoms with Crippen molar-refractivity contribution in [2.45, 2.75) is 36.2 Å². The van der Waals surface area contributed by atoms with Gasteiger partial charge in [-0.2, -0.15) is 8.42 Å². The largest absolute Gasteiger partial charge is 0.388 e. The summed E-state index contributed by atoms with van der Waals surface area (Å²) in [5.41, 5.74) is 0.602. The van der Waals surface area contributed by atoms with Gasteiger partial charge in [-0.1, -0.05) is 17.7 Å². The average Bonchev–Trinajstić information content (AvgIpc) is 2.57. The van der Waals surface area contributed by atoms with Crippen molar-refractivity contribution in [3.8, 4) is 0 Å². The SMILES string of the molecule is [2H]Cc1ccc(S(=O)(=O)OC[C@@H](O)[C@@H](O)[C@H](O)[C@@H](O)C=O)cc1. The van der Waals surface area contributed by atoms with Gasteiger partial charge in [0.05, 0.1) is 11.5 Å². The number of aliphatic hydroxyl groups excluding tert-OH is 4. The predicted molar refractivity (Wildman–Crippen MR) is 74.4 cm³/mol. The highest BCUT2D eigenvalue weighted by atomic mass is 32.2. The van der Waals surface area contributed by atoms with Gasteiger partial charge in [0.15, 0.2) is 6.29 Å². The Morgan fingerprint density at radius 1 is 1.18 bits per heavy atom. The summed E-state index contributed by atoms with van der Waals surface area (Å²) < 4.78 is 35.5. The molecule has 0 bridgehead atoms. The van der Waals surface area contributed by atoms with Crippen LogP contribution in [0.5, 0.6) is 0 Å². The van der Waals surface area contributed by atoms with Crippen molar-refractivity contribution in [1.29, 1.82) is 0 Å². The normalized spacial score (nSPS) is 18.1.